The fourth-order valence-corrected chi connectivity index (χ4v) is 4.07. The number of hydrogen-bond acceptors (Lipinski definition) is 2. The lowest BCUT2D eigenvalue weighted by atomic mass is 9.89. The van der Waals surface area contributed by atoms with Crippen molar-refractivity contribution in [3.05, 3.63) is 16.4 Å². The van der Waals surface area contributed by atoms with Gasteiger partial charge in [-0.1, -0.05) is 6.92 Å². The molecule has 0 amide bonds. The summed E-state index contributed by atoms with van der Waals surface area (Å²) in [5, 5.41) is 8.21. The van der Waals surface area contributed by atoms with Crippen molar-refractivity contribution in [2.45, 2.75) is 63.6 Å². The number of nitrogens with one attached hydrogen (secondary N) is 1. The van der Waals surface area contributed by atoms with E-state index in [2.05, 4.69) is 38.0 Å². The van der Waals surface area contributed by atoms with E-state index in [0.717, 1.165) is 25.0 Å². The number of halogens is 1. The summed E-state index contributed by atoms with van der Waals surface area (Å²) in [4.78, 5) is 0. The first-order valence-electron chi connectivity index (χ1n) is 6.75. The number of aromatic nitrogens is 2. The Kier molecular flexibility index (Phi) is 3.26. The Hall–Kier alpha value is -0.350. The van der Waals surface area contributed by atoms with Crippen molar-refractivity contribution in [1.29, 1.82) is 0 Å². The van der Waals surface area contributed by atoms with Crippen LogP contribution >= 0.6 is 15.9 Å². The van der Waals surface area contributed by atoms with E-state index < -0.39 is 0 Å². The average Bonchev–Trinajstić information content (AvgIpc) is 2.83. The lowest BCUT2D eigenvalue weighted by Crippen LogP contribution is -2.37. The Morgan fingerprint density at radius 2 is 2.12 bits per heavy atom. The summed E-state index contributed by atoms with van der Waals surface area (Å²) in [6.07, 6.45) is 8.41. The van der Waals surface area contributed by atoms with Gasteiger partial charge in [0.25, 0.3) is 0 Å². The van der Waals surface area contributed by atoms with Crippen LogP contribution < -0.4 is 5.32 Å². The van der Waals surface area contributed by atoms with Crippen LogP contribution in [0.25, 0.3) is 0 Å². The van der Waals surface area contributed by atoms with Gasteiger partial charge in [0.15, 0.2) is 0 Å². The first kappa shape index (κ1) is 11.7. The van der Waals surface area contributed by atoms with Crippen molar-refractivity contribution < 1.29 is 0 Å². The second kappa shape index (κ2) is 4.73. The van der Waals surface area contributed by atoms with E-state index in [-0.39, 0.29) is 0 Å². The molecule has 0 aliphatic carbocycles. The van der Waals surface area contributed by atoms with Gasteiger partial charge in [-0.2, -0.15) is 5.10 Å². The summed E-state index contributed by atoms with van der Waals surface area (Å²) in [5.41, 5.74) is 1.44. The molecule has 2 atom stereocenters. The zero-order valence-corrected chi connectivity index (χ0v) is 11.9. The number of aryl methyl sites for hydroxylation is 1. The molecule has 0 spiro atoms. The Labute approximate surface area is 111 Å². The van der Waals surface area contributed by atoms with E-state index in [1.54, 1.807) is 0 Å². The van der Waals surface area contributed by atoms with Crippen LogP contribution in [0.3, 0.4) is 0 Å². The molecule has 17 heavy (non-hydrogen) atoms. The third-order valence-corrected chi connectivity index (χ3v) is 4.74. The molecule has 3 nitrogen and oxygen atoms in total. The van der Waals surface area contributed by atoms with Crippen LogP contribution in [-0.4, -0.2) is 21.9 Å². The molecule has 2 fully saturated rings. The van der Waals surface area contributed by atoms with Gasteiger partial charge < -0.3 is 5.32 Å². The standard InChI is InChI=1S/C13H20BrN3/c1-2-5-17-13(12(14)8-15-17)9-6-10-3-4-11(7-9)16-10/h8-11,16H,2-7H2,1H3. The van der Waals surface area contributed by atoms with Crippen LogP contribution in [-0.2, 0) is 6.54 Å². The maximum atomic E-state index is 4.50. The molecular formula is C13H20BrN3. The van der Waals surface area contributed by atoms with E-state index >= 15 is 0 Å². The number of nitrogens with zero attached hydrogens (tertiary/aromatic N) is 2. The smallest absolute Gasteiger partial charge is 0.0635 e. The van der Waals surface area contributed by atoms with Gasteiger partial charge in [0, 0.05) is 24.5 Å². The fraction of sp³-hybridized carbons (Fsp3) is 0.769. The first-order chi connectivity index (χ1) is 8.28. The summed E-state index contributed by atoms with van der Waals surface area (Å²) in [7, 11) is 0. The molecule has 2 unspecified atom stereocenters. The molecular weight excluding hydrogens is 278 g/mol. The molecule has 2 saturated heterocycles. The highest BCUT2D eigenvalue weighted by Gasteiger charge is 2.36. The van der Waals surface area contributed by atoms with Crippen LogP contribution in [0.5, 0.6) is 0 Å². The quantitative estimate of drug-likeness (QED) is 0.929. The van der Waals surface area contributed by atoms with E-state index in [1.165, 1.54) is 35.8 Å². The van der Waals surface area contributed by atoms with Gasteiger partial charge in [-0.25, -0.2) is 0 Å². The van der Waals surface area contributed by atoms with Gasteiger partial charge in [0.05, 0.1) is 16.4 Å². The topological polar surface area (TPSA) is 29.9 Å². The molecule has 0 aromatic carbocycles. The lowest BCUT2D eigenvalue weighted by molar-refractivity contribution is 0.347. The molecule has 94 valence electrons. The highest BCUT2D eigenvalue weighted by molar-refractivity contribution is 9.10. The largest absolute Gasteiger partial charge is 0.311 e. The van der Waals surface area contributed by atoms with Crippen LogP contribution in [0.2, 0.25) is 0 Å². The summed E-state index contributed by atoms with van der Waals surface area (Å²) in [6.45, 7) is 3.26. The Morgan fingerprint density at radius 1 is 1.41 bits per heavy atom. The van der Waals surface area contributed by atoms with Crippen molar-refractivity contribution >= 4 is 15.9 Å². The van der Waals surface area contributed by atoms with E-state index in [0.29, 0.717) is 5.92 Å². The lowest BCUT2D eigenvalue weighted by Gasteiger charge is -2.29. The van der Waals surface area contributed by atoms with E-state index in [9.17, 15) is 0 Å². The van der Waals surface area contributed by atoms with Crippen LogP contribution in [0.4, 0.5) is 0 Å². The van der Waals surface area contributed by atoms with Crippen LogP contribution in [0.1, 0.15) is 50.6 Å². The second-order valence-corrected chi connectivity index (χ2v) is 6.26. The molecule has 0 saturated carbocycles. The SMILES string of the molecule is CCCn1ncc(Br)c1C1CC2CCC(C1)N2. The molecule has 1 N–H and O–H groups in total. The molecule has 3 heterocycles. The third-order valence-electron chi connectivity index (χ3n) is 4.13. The number of rotatable bonds is 3. The highest BCUT2D eigenvalue weighted by atomic mass is 79.9. The molecule has 4 heteroatoms. The van der Waals surface area contributed by atoms with Gasteiger partial charge in [0.1, 0.15) is 0 Å². The molecule has 2 bridgehead atoms. The predicted molar refractivity (Wildman–Crippen MR) is 72.1 cm³/mol. The second-order valence-electron chi connectivity index (χ2n) is 5.41. The summed E-state index contributed by atoms with van der Waals surface area (Å²) >= 11 is 3.68. The Balaban J connectivity index is 1.85. The van der Waals surface area contributed by atoms with Crippen molar-refractivity contribution in [3.8, 4) is 0 Å². The highest BCUT2D eigenvalue weighted by Crippen LogP contribution is 2.39. The van der Waals surface area contributed by atoms with Crippen molar-refractivity contribution in [2.75, 3.05) is 0 Å². The molecule has 3 rings (SSSR count). The van der Waals surface area contributed by atoms with Crippen molar-refractivity contribution in [1.82, 2.24) is 15.1 Å². The molecule has 0 radical (unpaired) electrons. The van der Waals surface area contributed by atoms with Gasteiger partial charge in [-0.3, -0.25) is 4.68 Å². The fourth-order valence-electron chi connectivity index (χ4n) is 3.45. The van der Waals surface area contributed by atoms with Crippen molar-refractivity contribution in [3.63, 3.8) is 0 Å². The van der Waals surface area contributed by atoms with Gasteiger partial charge in [0.2, 0.25) is 0 Å². The Bertz CT molecular complexity index is 389. The molecule has 1 aromatic rings. The monoisotopic (exact) mass is 297 g/mol. The van der Waals surface area contributed by atoms with Crippen molar-refractivity contribution in [2.24, 2.45) is 0 Å². The molecule has 1 aromatic heterocycles. The summed E-state index contributed by atoms with van der Waals surface area (Å²) < 4.78 is 3.41. The number of hydrogen-bond donors (Lipinski definition) is 1. The average molecular weight is 298 g/mol. The normalized spacial score (nSPS) is 32.0. The maximum absolute atomic E-state index is 4.50. The minimum absolute atomic E-state index is 0.692. The van der Waals surface area contributed by atoms with Crippen LogP contribution in [0.15, 0.2) is 10.7 Å². The molecule has 2 aliphatic rings. The maximum Gasteiger partial charge on any atom is 0.0635 e. The van der Waals surface area contributed by atoms with Crippen LogP contribution in [0, 0.1) is 0 Å². The third kappa shape index (κ3) is 2.17. The van der Waals surface area contributed by atoms with Gasteiger partial charge >= 0.3 is 0 Å². The van der Waals surface area contributed by atoms with Gasteiger partial charge in [-0.05, 0) is 48.0 Å². The van der Waals surface area contributed by atoms with Gasteiger partial charge in [-0.15, -0.1) is 0 Å². The zero-order valence-electron chi connectivity index (χ0n) is 10.3. The Morgan fingerprint density at radius 3 is 2.76 bits per heavy atom. The first-order valence-corrected chi connectivity index (χ1v) is 7.54. The number of piperidine rings is 1. The molecule has 2 aliphatic heterocycles. The number of fused-ring (bicyclic) bond motifs is 2. The van der Waals surface area contributed by atoms with E-state index in [1.807, 2.05) is 6.20 Å². The van der Waals surface area contributed by atoms with E-state index in [4.69, 9.17) is 0 Å². The minimum Gasteiger partial charge on any atom is -0.311 e. The predicted octanol–water partition coefficient (Wildman–Crippen LogP) is 3.05. The summed E-state index contributed by atoms with van der Waals surface area (Å²) in [6, 6.07) is 1.49. The zero-order chi connectivity index (χ0) is 11.8. The minimum atomic E-state index is 0.692. The summed E-state index contributed by atoms with van der Waals surface area (Å²) in [5.74, 6) is 0.692.